The molecule has 0 saturated heterocycles. The minimum Gasteiger partial charge on any atom is -0.479 e. The summed E-state index contributed by atoms with van der Waals surface area (Å²) in [6.45, 7) is 3.17. The molecule has 6 nitrogen and oxygen atoms in total. The molecular weight excluding hydrogens is 413 g/mol. The number of nitrogens with zero attached hydrogens (tertiary/aromatic N) is 2. The van der Waals surface area contributed by atoms with Crippen molar-refractivity contribution >= 4 is 46.4 Å². The first-order chi connectivity index (χ1) is 13.8. The van der Waals surface area contributed by atoms with E-state index in [1.54, 1.807) is 42.2 Å². The highest BCUT2D eigenvalue weighted by molar-refractivity contribution is 6.42. The molecule has 2 aromatic carbocycles. The fraction of sp³-hybridized carbons (Fsp3) is 0.333. The van der Waals surface area contributed by atoms with Crippen LogP contribution in [0.15, 0.2) is 36.4 Å². The highest BCUT2D eigenvalue weighted by Crippen LogP contribution is 2.36. The van der Waals surface area contributed by atoms with Crippen molar-refractivity contribution in [2.75, 3.05) is 37.4 Å². The molecule has 2 aromatic rings. The lowest BCUT2D eigenvalue weighted by Gasteiger charge is -2.33. The van der Waals surface area contributed by atoms with Crippen LogP contribution in [0, 0.1) is 0 Å². The number of carbonyl (C=O) groups excluding carboxylic acids is 2. The second kappa shape index (κ2) is 9.03. The Morgan fingerprint density at radius 1 is 1.17 bits per heavy atom. The molecule has 1 atom stereocenters. The molecule has 1 unspecified atom stereocenters. The molecular formula is C21H23Cl2N3O3. The fourth-order valence-electron chi connectivity index (χ4n) is 3.10. The van der Waals surface area contributed by atoms with E-state index in [0.29, 0.717) is 39.3 Å². The van der Waals surface area contributed by atoms with Gasteiger partial charge >= 0.3 is 0 Å². The third kappa shape index (κ3) is 5.01. The molecule has 1 N–H and O–H groups in total. The van der Waals surface area contributed by atoms with Crippen molar-refractivity contribution in [2.24, 2.45) is 0 Å². The molecule has 0 saturated carbocycles. The van der Waals surface area contributed by atoms with E-state index >= 15 is 0 Å². The Hall–Kier alpha value is -2.28. The number of carbonyl (C=O) groups is 2. The minimum atomic E-state index is -0.543. The highest BCUT2D eigenvalue weighted by Gasteiger charge is 2.31. The summed E-state index contributed by atoms with van der Waals surface area (Å²) in [5.41, 5.74) is 1.60. The summed E-state index contributed by atoms with van der Waals surface area (Å²) in [5.74, 6) is 0.206. The second-order valence-electron chi connectivity index (χ2n) is 7.17. The summed E-state index contributed by atoms with van der Waals surface area (Å²) in [4.78, 5) is 29.0. The summed E-state index contributed by atoms with van der Waals surface area (Å²) in [5, 5.41) is 3.53. The first kappa shape index (κ1) is 21.4. The predicted octanol–water partition coefficient (Wildman–Crippen LogP) is 4.31. The first-order valence-corrected chi connectivity index (χ1v) is 10.0. The van der Waals surface area contributed by atoms with Crippen LogP contribution >= 0.6 is 23.2 Å². The average molecular weight is 436 g/mol. The molecule has 8 heteroatoms. The molecule has 2 amide bonds. The number of rotatable bonds is 6. The molecule has 29 heavy (non-hydrogen) atoms. The van der Waals surface area contributed by atoms with Crippen LogP contribution in [0.25, 0.3) is 0 Å². The Balaban J connectivity index is 1.82. The fourth-order valence-corrected chi connectivity index (χ4v) is 3.40. The van der Waals surface area contributed by atoms with E-state index < -0.39 is 6.10 Å². The topological polar surface area (TPSA) is 61.9 Å². The van der Waals surface area contributed by atoms with E-state index in [2.05, 4.69) is 10.2 Å². The molecule has 0 fully saturated rings. The van der Waals surface area contributed by atoms with Crippen LogP contribution in [0.4, 0.5) is 11.4 Å². The van der Waals surface area contributed by atoms with Gasteiger partial charge < -0.3 is 19.9 Å². The van der Waals surface area contributed by atoms with Gasteiger partial charge in [0.25, 0.3) is 11.8 Å². The third-order valence-electron chi connectivity index (χ3n) is 4.59. The Labute approximate surface area is 180 Å². The number of fused-ring (bicyclic) bond motifs is 1. The van der Waals surface area contributed by atoms with Crippen molar-refractivity contribution in [3.63, 3.8) is 0 Å². The smallest absolute Gasteiger partial charge is 0.267 e. The zero-order valence-electron chi connectivity index (χ0n) is 16.5. The van der Waals surface area contributed by atoms with Gasteiger partial charge in [-0.3, -0.25) is 9.59 Å². The van der Waals surface area contributed by atoms with Crippen LogP contribution < -0.4 is 15.0 Å². The summed E-state index contributed by atoms with van der Waals surface area (Å²) in [6.07, 6.45) is 0.281. The van der Waals surface area contributed by atoms with Gasteiger partial charge in [-0.05, 0) is 70.4 Å². The van der Waals surface area contributed by atoms with E-state index in [-0.39, 0.29) is 11.8 Å². The Bertz CT molecular complexity index is 933. The number of hydrogen-bond acceptors (Lipinski definition) is 4. The first-order valence-electron chi connectivity index (χ1n) is 9.29. The van der Waals surface area contributed by atoms with Gasteiger partial charge in [0.2, 0.25) is 0 Å². The lowest BCUT2D eigenvalue weighted by molar-refractivity contribution is -0.125. The zero-order chi connectivity index (χ0) is 21.1. The Morgan fingerprint density at radius 2 is 1.93 bits per heavy atom. The quantitative estimate of drug-likeness (QED) is 0.733. The van der Waals surface area contributed by atoms with Crippen LogP contribution in [0.1, 0.15) is 23.7 Å². The van der Waals surface area contributed by atoms with Crippen LogP contribution in [-0.2, 0) is 4.79 Å². The van der Waals surface area contributed by atoms with E-state index in [4.69, 9.17) is 27.9 Å². The molecule has 3 rings (SSSR count). The molecule has 0 aliphatic carbocycles. The number of halogens is 2. The van der Waals surface area contributed by atoms with Crippen molar-refractivity contribution in [3.05, 3.63) is 52.0 Å². The molecule has 1 aliphatic rings. The van der Waals surface area contributed by atoms with Gasteiger partial charge in [0, 0.05) is 17.8 Å². The number of hydrogen-bond donors (Lipinski definition) is 1. The predicted molar refractivity (Wildman–Crippen MR) is 116 cm³/mol. The molecule has 0 aromatic heterocycles. The van der Waals surface area contributed by atoms with Crippen molar-refractivity contribution in [1.29, 1.82) is 0 Å². The number of amides is 2. The Morgan fingerprint density at radius 3 is 2.62 bits per heavy atom. The highest BCUT2D eigenvalue weighted by atomic mass is 35.5. The van der Waals surface area contributed by atoms with E-state index in [9.17, 15) is 9.59 Å². The van der Waals surface area contributed by atoms with Gasteiger partial charge in [0.1, 0.15) is 5.75 Å². The largest absolute Gasteiger partial charge is 0.479 e. The number of ether oxygens (including phenoxy) is 1. The maximum atomic E-state index is 12.7. The van der Waals surface area contributed by atoms with Crippen LogP contribution in [-0.4, -0.2) is 50.0 Å². The van der Waals surface area contributed by atoms with Crippen LogP contribution in [0.2, 0.25) is 10.0 Å². The summed E-state index contributed by atoms with van der Waals surface area (Å²) in [7, 11) is 3.99. The maximum Gasteiger partial charge on any atom is 0.267 e. The standard InChI is InChI=1S/C21H23Cl2N3O3/c1-13-21(28)26(10-4-9-25(2)3)18-12-15(6-8-19(18)29-13)24-20(27)14-5-7-16(22)17(23)11-14/h5-8,11-13H,4,9-10H2,1-3H3,(H,24,27). The molecule has 1 heterocycles. The van der Waals surface area contributed by atoms with Gasteiger partial charge in [-0.25, -0.2) is 0 Å². The SMILES string of the molecule is CC1Oc2ccc(NC(=O)c3ccc(Cl)c(Cl)c3)cc2N(CCCN(C)C)C1=O. The maximum absolute atomic E-state index is 12.7. The second-order valence-corrected chi connectivity index (χ2v) is 7.99. The van der Waals surface area contributed by atoms with E-state index in [0.717, 1.165) is 13.0 Å². The van der Waals surface area contributed by atoms with Crippen molar-refractivity contribution in [2.45, 2.75) is 19.4 Å². The van der Waals surface area contributed by atoms with E-state index in [1.165, 1.54) is 6.07 Å². The molecule has 0 radical (unpaired) electrons. The molecule has 1 aliphatic heterocycles. The summed E-state index contributed by atoms with van der Waals surface area (Å²) in [6, 6.07) is 9.95. The third-order valence-corrected chi connectivity index (χ3v) is 5.33. The summed E-state index contributed by atoms with van der Waals surface area (Å²) >= 11 is 11.9. The molecule has 0 spiro atoms. The minimum absolute atomic E-state index is 0.0933. The monoisotopic (exact) mass is 435 g/mol. The van der Waals surface area contributed by atoms with Crippen molar-refractivity contribution < 1.29 is 14.3 Å². The van der Waals surface area contributed by atoms with Crippen LogP contribution in [0.5, 0.6) is 5.75 Å². The van der Waals surface area contributed by atoms with Gasteiger partial charge in [0.15, 0.2) is 6.10 Å². The van der Waals surface area contributed by atoms with Gasteiger partial charge in [-0.1, -0.05) is 23.2 Å². The van der Waals surface area contributed by atoms with Gasteiger partial charge in [-0.15, -0.1) is 0 Å². The summed E-state index contributed by atoms with van der Waals surface area (Å²) < 4.78 is 5.73. The van der Waals surface area contributed by atoms with Crippen molar-refractivity contribution in [3.8, 4) is 5.75 Å². The number of benzene rings is 2. The zero-order valence-corrected chi connectivity index (χ0v) is 18.0. The van der Waals surface area contributed by atoms with Crippen LogP contribution in [0.3, 0.4) is 0 Å². The molecule has 0 bridgehead atoms. The average Bonchev–Trinajstić information content (AvgIpc) is 2.67. The van der Waals surface area contributed by atoms with Crippen molar-refractivity contribution in [1.82, 2.24) is 4.90 Å². The van der Waals surface area contributed by atoms with Gasteiger partial charge in [-0.2, -0.15) is 0 Å². The number of anilines is 2. The normalized spacial score (nSPS) is 15.9. The lowest BCUT2D eigenvalue weighted by atomic mass is 10.1. The van der Waals surface area contributed by atoms with E-state index in [1.807, 2.05) is 14.1 Å². The number of nitrogens with one attached hydrogen (secondary N) is 1. The van der Waals surface area contributed by atoms with Gasteiger partial charge in [0.05, 0.1) is 15.7 Å². The molecule has 154 valence electrons. The Kier molecular flexibility index (Phi) is 6.67. The lowest BCUT2D eigenvalue weighted by Crippen LogP contribution is -2.45.